The van der Waals surface area contributed by atoms with Gasteiger partial charge < -0.3 is 29.6 Å². The first-order chi connectivity index (χ1) is 16.7. The van der Waals surface area contributed by atoms with Gasteiger partial charge in [0.2, 0.25) is 0 Å². The van der Waals surface area contributed by atoms with Crippen LogP contribution < -0.4 is 15.5 Å². The largest absolute Gasteiger partial charge is 0.378 e. The highest BCUT2D eigenvalue weighted by molar-refractivity contribution is 5.90. The molecular formula is C24H29N7O3. The zero-order chi connectivity index (χ0) is 23.1. The molecule has 2 saturated heterocycles. The second-order valence-electron chi connectivity index (χ2n) is 9.04. The van der Waals surface area contributed by atoms with E-state index in [-0.39, 0.29) is 12.1 Å². The van der Waals surface area contributed by atoms with Crippen LogP contribution in [0.25, 0.3) is 22.6 Å². The summed E-state index contributed by atoms with van der Waals surface area (Å²) in [5, 5.41) is 5.75. The molecular weight excluding hydrogens is 434 g/mol. The molecule has 1 saturated carbocycles. The van der Waals surface area contributed by atoms with E-state index in [1.54, 1.807) is 0 Å². The Bertz CT molecular complexity index is 1200. The van der Waals surface area contributed by atoms with Gasteiger partial charge in [-0.1, -0.05) is 0 Å². The fraction of sp³-hybridized carbons (Fsp3) is 0.500. The van der Waals surface area contributed by atoms with Crippen molar-refractivity contribution >= 4 is 28.7 Å². The lowest BCUT2D eigenvalue weighted by Gasteiger charge is -2.28. The topological polar surface area (TPSA) is 106 Å². The zero-order valence-corrected chi connectivity index (χ0v) is 19.3. The van der Waals surface area contributed by atoms with Crippen molar-refractivity contribution in [2.24, 2.45) is 0 Å². The monoisotopic (exact) mass is 463 g/mol. The first-order valence-corrected chi connectivity index (χ1v) is 12.1. The van der Waals surface area contributed by atoms with Gasteiger partial charge in [-0.15, -0.1) is 0 Å². The number of hydrogen-bond acceptors (Lipinski definition) is 7. The molecule has 0 atom stereocenters. The molecule has 2 aliphatic heterocycles. The van der Waals surface area contributed by atoms with Gasteiger partial charge in [0.05, 0.1) is 32.5 Å². The van der Waals surface area contributed by atoms with Gasteiger partial charge in [0.15, 0.2) is 22.8 Å². The first-order valence-electron chi connectivity index (χ1n) is 12.1. The summed E-state index contributed by atoms with van der Waals surface area (Å²) in [6, 6.07) is 7.50. The van der Waals surface area contributed by atoms with Crippen molar-refractivity contribution in [1.82, 2.24) is 24.8 Å². The molecule has 3 aromatic rings. The van der Waals surface area contributed by atoms with E-state index in [4.69, 9.17) is 24.4 Å². The van der Waals surface area contributed by atoms with Crippen molar-refractivity contribution in [1.29, 1.82) is 0 Å². The minimum absolute atomic E-state index is 0.0851. The number of aryl methyl sites for hydroxylation is 1. The fourth-order valence-electron chi connectivity index (χ4n) is 4.47. The van der Waals surface area contributed by atoms with Gasteiger partial charge in [-0.2, -0.15) is 0 Å². The van der Waals surface area contributed by atoms with Crippen molar-refractivity contribution in [2.75, 3.05) is 49.7 Å². The van der Waals surface area contributed by atoms with E-state index in [2.05, 4.69) is 27.0 Å². The third-order valence-corrected chi connectivity index (χ3v) is 6.55. The summed E-state index contributed by atoms with van der Waals surface area (Å²) in [6.07, 6.45) is 2.37. The molecule has 3 aliphatic rings. The Labute approximate surface area is 197 Å². The van der Waals surface area contributed by atoms with E-state index in [0.717, 1.165) is 48.0 Å². The van der Waals surface area contributed by atoms with Crippen molar-refractivity contribution in [3.05, 3.63) is 30.1 Å². The molecule has 0 radical (unpaired) electrons. The number of rotatable bonds is 6. The Morgan fingerprint density at radius 2 is 1.82 bits per heavy atom. The lowest BCUT2D eigenvalue weighted by atomic mass is 10.2. The van der Waals surface area contributed by atoms with E-state index in [9.17, 15) is 4.79 Å². The van der Waals surface area contributed by atoms with E-state index in [0.29, 0.717) is 43.9 Å². The van der Waals surface area contributed by atoms with Gasteiger partial charge >= 0.3 is 6.03 Å². The summed E-state index contributed by atoms with van der Waals surface area (Å²) in [6.45, 7) is 7.03. The number of carbonyl (C=O) groups is 1. The van der Waals surface area contributed by atoms with Crippen LogP contribution in [0.1, 0.15) is 31.5 Å². The number of ether oxygens (including phenoxy) is 2. The number of morpholine rings is 1. The third-order valence-electron chi connectivity index (χ3n) is 6.55. The zero-order valence-electron chi connectivity index (χ0n) is 19.3. The standard InChI is InChI=1S/C24H29N7O3/c1-2-31-21(16-3-4-16)27-19-22(30-9-11-33-12-10-30)28-20(29-23(19)31)15-5-7-17(8-6-15)25-24(32)26-18-13-34-14-18/h5-8,16,18H,2-4,9-14H2,1H3,(H2,25,26,32). The number of anilines is 2. The molecule has 2 amide bonds. The number of carbonyl (C=O) groups excluding carboxylic acids is 1. The van der Waals surface area contributed by atoms with E-state index >= 15 is 0 Å². The smallest absolute Gasteiger partial charge is 0.319 e. The first kappa shape index (κ1) is 21.3. The Balaban J connectivity index is 1.33. The van der Waals surface area contributed by atoms with Gasteiger partial charge in [-0.05, 0) is 44.0 Å². The Kier molecular flexibility index (Phi) is 5.54. The molecule has 4 heterocycles. The van der Waals surface area contributed by atoms with E-state index in [1.165, 1.54) is 12.8 Å². The number of urea groups is 1. The molecule has 1 aromatic carbocycles. The van der Waals surface area contributed by atoms with Crippen LogP contribution in [-0.2, 0) is 16.0 Å². The molecule has 0 bridgehead atoms. The van der Waals surface area contributed by atoms with Crippen LogP contribution in [0.15, 0.2) is 24.3 Å². The summed E-state index contributed by atoms with van der Waals surface area (Å²) in [5.41, 5.74) is 3.38. The van der Waals surface area contributed by atoms with Gasteiger partial charge in [0.25, 0.3) is 0 Å². The fourth-order valence-corrected chi connectivity index (χ4v) is 4.47. The summed E-state index contributed by atoms with van der Waals surface area (Å²) in [5.74, 6) is 3.19. The van der Waals surface area contributed by atoms with E-state index < -0.39 is 0 Å². The van der Waals surface area contributed by atoms with Crippen molar-refractivity contribution in [2.45, 2.75) is 38.3 Å². The van der Waals surface area contributed by atoms with E-state index in [1.807, 2.05) is 24.3 Å². The van der Waals surface area contributed by atoms with Gasteiger partial charge in [0, 0.05) is 36.8 Å². The van der Waals surface area contributed by atoms with Crippen molar-refractivity contribution < 1.29 is 14.3 Å². The Morgan fingerprint density at radius 1 is 1.06 bits per heavy atom. The minimum Gasteiger partial charge on any atom is -0.378 e. The third kappa shape index (κ3) is 4.07. The minimum atomic E-state index is -0.229. The molecule has 2 N–H and O–H groups in total. The van der Waals surface area contributed by atoms with Crippen molar-refractivity contribution in [3.8, 4) is 11.4 Å². The average Bonchev–Trinajstić information content (AvgIpc) is 3.62. The quantitative estimate of drug-likeness (QED) is 0.579. The molecule has 0 spiro atoms. The highest BCUT2D eigenvalue weighted by atomic mass is 16.5. The van der Waals surface area contributed by atoms with Gasteiger partial charge in [-0.3, -0.25) is 0 Å². The normalized spacial score (nSPS) is 18.7. The number of hydrogen-bond donors (Lipinski definition) is 2. The molecule has 1 aliphatic carbocycles. The molecule has 178 valence electrons. The predicted molar refractivity (Wildman–Crippen MR) is 128 cm³/mol. The van der Waals surface area contributed by atoms with Crippen LogP contribution in [0.5, 0.6) is 0 Å². The lowest BCUT2D eigenvalue weighted by molar-refractivity contribution is 0.000735. The highest BCUT2D eigenvalue weighted by Crippen LogP contribution is 2.41. The maximum Gasteiger partial charge on any atom is 0.319 e. The lowest BCUT2D eigenvalue weighted by Crippen LogP contribution is -2.49. The maximum absolute atomic E-state index is 12.1. The SMILES string of the molecule is CCn1c(C2CC2)nc2c(N3CCOCC3)nc(-c3ccc(NC(=O)NC4COC4)cc3)nc21. The summed E-state index contributed by atoms with van der Waals surface area (Å²) < 4.78 is 12.9. The molecule has 0 unspecified atom stereocenters. The summed E-state index contributed by atoms with van der Waals surface area (Å²) in [7, 11) is 0. The van der Waals surface area contributed by atoms with Crippen LogP contribution in [0.4, 0.5) is 16.3 Å². The number of aromatic nitrogens is 4. The number of nitrogens with zero attached hydrogens (tertiary/aromatic N) is 5. The Morgan fingerprint density at radius 3 is 2.47 bits per heavy atom. The second kappa shape index (κ2) is 8.84. The summed E-state index contributed by atoms with van der Waals surface area (Å²) in [4.78, 5) is 29.4. The number of nitrogens with one attached hydrogen (secondary N) is 2. The van der Waals surface area contributed by atoms with Crippen LogP contribution >= 0.6 is 0 Å². The molecule has 34 heavy (non-hydrogen) atoms. The van der Waals surface area contributed by atoms with Gasteiger partial charge in [-0.25, -0.2) is 19.7 Å². The predicted octanol–water partition coefficient (Wildman–Crippen LogP) is 2.75. The average molecular weight is 464 g/mol. The molecule has 6 rings (SSSR count). The molecule has 2 aromatic heterocycles. The number of fused-ring (bicyclic) bond motifs is 1. The van der Waals surface area contributed by atoms with Crippen molar-refractivity contribution in [3.63, 3.8) is 0 Å². The highest BCUT2D eigenvalue weighted by Gasteiger charge is 2.31. The van der Waals surface area contributed by atoms with Crippen LogP contribution in [-0.4, -0.2) is 71.1 Å². The molecule has 10 nitrogen and oxygen atoms in total. The van der Waals surface area contributed by atoms with Gasteiger partial charge in [0.1, 0.15) is 5.82 Å². The second-order valence-corrected chi connectivity index (χ2v) is 9.04. The Hall–Kier alpha value is -3.24. The van der Waals surface area contributed by atoms with Crippen LogP contribution in [0.2, 0.25) is 0 Å². The number of benzene rings is 1. The number of amides is 2. The number of imidazole rings is 1. The molecule has 3 fully saturated rings. The molecule has 10 heteroatoms. The van der Waals surface area contributed by atoms with Crippen LogP contribution in [0.3, 0.4) is 0 Å². The maximum atomic E-state index is 12.1. The van der Waals surface area contributed by atoms with Crippen LogP contribution in [0, 0.1) is 0 Å². The summed E-state index contributed by atoms with van der Waals surface area (Å²) >= 11 is 0.